The van der Waals surface area contributed by atoms with Crippen LogP contribution in [0.2, 0.25) is 0 Å². The van der Waals surface area contributed by atoms with Gasteiger partial charge in [-0.3, -0.25) is 14.4 Å². The highest BCUT2D eigenvalue weighted by atomic mass is 16.5. The van der Waals surface area contributed by atoms with Crippen molar-refractivity contribution in [3.05, 3.63) is 29.3 Å². The van der Waals surface area contributed by atoms with Crippen LogP contribution in [-0.4, -0.2) is 42.9 Å². The van der Waals surface area contributed by atoms with E-state index in [0.717, 1.165) is 42.5 Å². The van der Waals surface area contributed by atoms with Crippen LogP contribution in [0.25, 0.3) is 0 Å². The van der Waals surface area contributed by atoms with Crippen LogP contribution in [-0.2, 0) is 19.1 Å². The Labute approximate surface area is 161 Å². The number of rotatable bonds is 7. The maximum absolute atomic E-state index is 12.2. The summed E-state index contributed by atoms with van der Waals surface area (Å²) in [5, 5.41) is 2.84. The Morgan fingerprint density at radius 1 is 1.11 bits per heavy atom. The fourth-order valence-electron chi connectivity index (χ4n) is 3.43. The van der Waals surface area contributed by atoms with Gasteiger partial charge < -0.3 is 15.0 Å². The number of carbonyl (C=O) groups excluding carboxylic acids is 3. The lowest BCUT2D eigenvalue weighted by Gasteiger charge is -2.21. The summed E-state index contributed by atoms with van der Waals surface area (Å²) in [5.74, 6) is -0.619. The number of anilines is 1. The van der Waals surface area contributed by atoms with E-state index < -0.39 is 0 Å². The fourth-order valence-corrected chi connectivity index (χ4v) is 3.43. The molecule has 0 saturated heterocycles. The number of esters is 1. The second-order valence-electron chi connectivity index (χ2n) is 7.43. The third kappa shape index (κ3) is 6.70. The molecule has 1 fully saturated rings. The molecule has 0 heterocycles. The Bertz CT molecular complexity index is 661. The molecule has 0 bridgehead atoms. The smallest absolute Gasteiger partial charge is 0.306 e. The quantitative estimate of drug-likeness (QED) is 0.744. The number of hydrogen-bond donors (Lipinski definition) is 1. The monoisotopic (exact) mass is 374 g/mol. The summed E-state index contributed by atoms with van der Waals surface area (Å²) in [5.41, 5.74) is 2.70. The van der Waals surface area contributed by atoms with Crippen molar-refractivity contribution in [2.45, 2.75) is 52.4 Å². The average Bonchev–Trinajstić information content (AvgIpc) is 2.63. The molecule has 2 amide bonds. The summed E-state index contributed by atoms with van der Waals surface area (Å²) < 4.78 is 5.10. The van der Waals surface area contributed by atoms with Gasteiger partial charge in [0.25, 0.3) is 5.91 Å². The van der Waals surface area contributed by atoms with E-state index in [0.29, 0.717) is 12.3 Å². The molecule has 6 heteroatoms. The SMILES string of the molecule is Cc1cccc(C)c1NC(=O)CN(C)C(=O)COC(=O)CC1CCCCC1. The third-order valence-electron chi connectivity index (χ3n) is 5.09. The number of ether oxygens (including phenoxy) is 1. The van der Waals surface area contributed by atoms with Crippen molar-refractivity contribution in [2.24, 2.45) is 5.92 Å². The van der Waals surface area contributed by atoms with Gasteiger partial charge in [0.1, 0.15) is 0 Å². The van der Waals surface area contributed by atoms with Crippen molar-refractivity contribution in [1.29, 1.82) is 0 Å². The van der Waals surface area contributed by atoms with Crippen LogP contribution in [0.3, 0.4) is 0 Å². The predicted octanol–water partition coefficient (Wildman–Crippen LogP) is 3.21. The second-order valence-corrected chi connectivity index (χ2v) is 7.43. The number of nitrogens with zero attached hydrogens (tertiary/aromatic N) is 1. The maximum atomic E-state index is 12.2. The van der Waals surface area contributed by atoms with E-state index in [9.17, 15) is 14.4 Å². The molecule has 0 spiro atoms. The molecule has 27 heavy (non-hydrogen) atoms. The molecular formula is C21H30N2O4. The summed E-state index contributed by atoms with van der Waals surface area (Å²) in [6, 6.07) is 5.77. The first-order valence-corrected chi connectivity index (χ1v) is 9.62. The molecule has 2 rings (SSSR count). The van der Waals surface area contributed by atoms with Gasteiger partial charge in [-0.2, -0.15) is 0 Å². The normalized spacial score (nSPS) is 14.5. The Kier molecular flexibility index (Phi) is 7.82. The van der Waals surface area contributed by atoms with Gasteiger partial charge in [-0.05, 0) is 43.7 Å². The molecule has 0 aliphatic heterocycles. The second kappa shape index (κ2) is 10.1. The highest BCUT2D eigenvalue weighted by molar-refractivity contribution is 5.96. The zero-order valence-electron chi connectivity index (χ0n) is 16.5. The molecule has 0 radical (unpaired) electrons. The van der Waals surface area contributed by atoms with E-state index in [2.05, 4.69) is 5.32 Å². The number of benzene rings is 1. The molecule has 1 aromatic rings. The lowest BCUT2D eigenvalue weighted by atomic mass is 9.87. The van der Waals surface area contributed by atoms with Crippen LogP contribution in [0.1, 0.15) is 49.7 Å². The topological polar surface area (TPSA) is 75.7 Å². The largest absolute Gasteiger partial charge is 0.456 e. The zero-order valence-corrected chi connectivity index (χ0v) is 16.5. The van der Waals surface area contributed by atoms with Gasteiger partial charge in [-0.15, -0.1) is 0 Å². The fraction of sp³-hybridized carbons (Fsp3) is 0.571. The predicted molar refractivity (Wildman–Crippen MR) is 104 cm³/mol. The van der Waals surface area contributed by atoms with Gasteiger partial charge in [0, 0.05) is 19.2 Å². The van der Waals surface area contributed by atoms with Crippen molar-refractivity contribution in [3.8, 4) is 0 Å². The van der Waals surface area contributed by atoms with Crippen molar-refractivity contribution in [3.63, 3.8) is 0 Å². The van der Waals surface area contributed by atoms with E-state index in [1.807, 2.05) is 32.0 Å². The minimum absolute atomic E-state index is 0.0905. The molecule has 0 atom stereocenters. The lowest BCUT2D eigenvalue weighted by Crippen LogP contribution is -2.37. The van der Waals surface area contributed by atoms with Crippen molar-refractivity contribution >= 4 is 23.5 Å². The summed E-state index contributed by atoms with van der Waals surface area (Å²) in [4.78, 5) is 37.5. The number of nitrogens with one attached hydrogen (secondary N) is 1. The van der Waals surface area contributed by atoms with Gasteiger partial charge >= 0.3 is 5.97 Å². The molecular weight excluding hydrogens is 344 g/mol. The Morgan fingerprint density at radius 2 is 1.74 bits per heavy atom. The summed E-state index contributed by atoms with van der Waals surface area (Å²) >= 11 is 0. The van der Waals surface area contributed by atoms with Gasteiger partial charge in [-0.25, -0.2) is 0 Å². The number of likely N-dealkylation sites (N-methyl/N-ethyl adjacent to an activating group) is 1. The Balaban J connectivity index is 1.74. The lowest BCUT2D eigenvalue weighted by molar-refractivity contribution is -0.152. The van der Waals surface area contributed by atoms with Crippen LogP contribution in [0.5, 0.6) is 0 Å². The minimum atomic E-state index is -0.386. The molecule has 148 valence electrons. The Hall–Kier alpha value is -2.37. The van der Waals surface area contributed by atoms with E-state index in [1.54, 1.807) is 0 Å². The molecule has 1 saturated carbocycles. The molecule has 1 aliphatic rings. The molecule has 6 nitrogen and oxygen atoms in total. The van der Waals surface area contributed by atoms with Gasteiger partial charge in [0.05, 0.1) is 6.54 Å². The van der Waals surface area contributed by atoms with E-state index in [1.165, 1.54) is 18.4 Å². The summed E-state index contributed by atoms with van der Waals surface area (Å²) in [6.45, 7) is 3.43. The van der Waals surface area contributed by atoms with E-state index in [-0.39, 0.29) is 30.9 Å². The summed E-state index contributed by atoms with van der Waals surface area (Å²) in [6.07, 6.45) is 6.05. The summed E-state index contributed by atoms with van der Waals surface area (Å²) in [7, 11) is 1.53. The number of aryl methyl sites for hydroxylation is 2. The maximum Gasteiger partial charge on any atom is 0.306 e. The molecule has 0 unspecified atom stereocenters. The first kappa shape index (κ1) is 20.9. The first-order chi connectivity index (χ1) is 12.9. The first-order valence-electron chi connectivity index (χ1n) is 9.62. The highest BCUT2D eigenvalue weighted by Crippen LogP contribution is 2.26. The van der Waals surface area contributed by atoms with Gasteiger partial charge in [0.2, 0.25) is 5.91 Å². The molecule has 1 N–H and O–H groups in total. The van der Waals surface area contributed by atoms with Crippen LogP contribution < -0.4 is 5.32 Å². The Morgan fingerprint density at radius 3 is 2.37 bits per heavy atom. The van der Waals surface area contributed by atoms with Gasteiger partial charge in [-0.1, -0.05) is 37.5 Å². The van der Waals surface area contributed by atoms with Crippen molar-refractivity contribution in [2.75, 3.05) is 25.5 Å². The zero-order chi connectivity index (χ0) is 19.8. The highest BCUT2D eigenvalue weighted by Gasteiger charge is 2.20. The molecule has 1 aliphatic carbocycles. The number of hydrogen-bond acceptors (Lipinski definition) is 4. The molecule has 0 aromatic heterocycles. The minimum Gasteiger partial charge on any atom is -0.456 e. The van der Waals surface area contributed by atoms with Crippen LogP contribution in [0, 0.1) is 19.8 Å². The van der Waals surface area contributed by atoms with Crippen LogP contribution in [0.15, 0.2) is 18.2 Å². The number of carbonyl (C=O) groups is 3. The molecule has 1 aromatic carbocycles. The van der Waals surface area contributed by atoms with E-state index >= 15 is 0 Å². The van der Waals surface area contributed by atoms with Crippen LogP contribution >= 0.6 is 0 Å². The number of para-hydroxylation sites is 1. The van der Waals surface area contributed by atoms with E-state index in [4.69, 9.17) is 4.74 Å². The van der Waals surface area contributed by atoms with Gasteiger partial charge in [0.15, 0.2) is 6.61 Å². The standard InChI is InChI=1S/C21H30N2O4/c1-15-8-7-9-16(2)21(15)22-18(24)13-23(3)19(25)14-27-20(26)12-17-10-5-4-6-11-17/h7-9,17H,4-6,10-14H2,1-3H3,(H,22,24). The number of amides is 2. The average molecular weight is 374 g/mol. The van der Waals surface area contributed by atoms with Crippen molar-refractivity contribution < 1.29 is 19.1 Å². The van der Waals surface area contributed by atoms with Crippen molar-refractivity contribution in [1.82, 2.24) is 4.90 Å². The third-order valence-corrected chi connectivity index (χ3v) is 5.09. The van der Waals surface area contributed by atoms with Crippen LogP contribution in [0.4, 0.5) is 5.69 Å².